The Morgan fingerprint density at radius 1 is 0.478 bits per heavy atom. The lowest BCUT2D eigenvalue weighted by molar-refractivity contribution is -0.870. The average Bonchev–Trinajstić information content (AvgIpc) is 3.29. The van der Waals surface area contributed by atoms with Gasteiger partial charge in [-0.2, -0.15) is 0 Å². The molecule has 0 saturated heterocycles. The number of phosphoric acid groups is 1. The van der Waals surface area contributed by atoms with E-state index in [1.54, 1.807) is 0 Å². The molecule has 2 atom stereocenters. The lowest BCUT2D eigenvalue weighted by atomic mass is 10.0. The topological polar surface area (TPSA) is 94.1 Å². The summed E-state index contributed by atoms with van der Waals surface area (Å²) in [6.45, 7) is 5.32. The lowest BCUT2D eigenvalue weighted by Crippen LogP contribution is -2.37. The molecule has 0 aromatic heterocycles. The van der Waals surface area contributed by atoms with Crippen LogP contribution in [-0.2, 0) is 27.9 Å². The van der Waals surface area contributed by atoms with Crippen molar-refractivity contribution in [3.8, 4) is 0 Å². The molecule has 0 saturated carbocycles. The van der Waals surface area contributed by atoms with Crippen LogP contribution in [0.5, 0.6) is 0 Å². The molecule has 0 N–H and O–H groups in total. The standard InChI is InChI=1S/C58H108NO7P/c1-6-8-10-12-14-16-18-20-22-24-26-28-30-31-33-35-37-39-41-43-45-47-49-51-58(60)66-57(56-65-67(61,62)64-54-52-59(3,4)5)55-63-53-50-48-46-44-42-40-38-36-34-32-29-27-25-23-21-19-17-15-13-11-9-7-2/h8,10,14,16,20,22,25-28,57H,6-7,9,11-13,15,17-19,21,23-24,29-56H2,1-5H3/b10-8-,16-14-,22-20-,27-25-,28-26-. The molecule has 2 unspecified atom stereocenters. The summed E-state index contributed by atoms with van der Waals surface area (Å²) in [6.07, 6.45) is 65.4. The first-order valence-corrected chi connectivity index (χ1v) is 29.5. The Hall–Kier alpha value is -1.80. The Balaban J connectivity index is 4.10. The minimum atomic E-state index is -4.54. The van der Waals surface area contributed by atoms with Gasteiger partial charge in [0, 0.05) is 13.0 Å². The minimum absolute atomic E-state index is 0.0236. The number of allylic oxidation sites excluding steroid dienone is 10. The van der Waals surface area contributed by atoms with Crippen molar-refractivity contribution in [1.29, 1.82) is 0 Å². The van der Waals surface area contributed by atoms with Crippen LogP contribution in [0.4, 0.5) is 0 Å². The van der Waals surface area contributed by atoms with E-state index in [0.717, 1.165) is 57.8 Å². The van der Waals surface area contributed by atoms with Gasteiger partial charge in [0.05, 0.1) is 34.4 Å². The molecule has 0 aromatic rings. The maximum absolute atomic E-state index is 12.8. The predicted octanol–water partition coefficient (Wildman–Crippen LogP) is 17.0. The second-order valence-corrected chi connectivity index (χ2v) is 21.3. The number of carbonyl (C=O) groups excluding carboxylic acids is 1. The summed E-state index contributed by atoms with van der Waals surface area (Å²) in [5.41, 5.74) is 0. The van der Waals surface area contributed by atoms with Gasteiger partial charge in [-0.15, -0.1) is 0 Å². The molecule has 0 fully saturated rings. The van der Waals surface area contributed by atoms with Crippen molar-refractivity contribution < 1.29 is 37.3 Å². The molecule has 0 amide bonds. The van der Waals surface area contributed by atoms with Crippen LogP contribution in [0.25, 0.3) is 0 Å². The van der Waals surface area contributed by atoms with Gasteiger partial charge >= 0.3 is 5.97 Å². The molecule has 0 rings (SSSR count). The van der Waals surface area contributed by atoms with E-state index in [0.29, 0.717) is 24.1 Å². The number of esters is 1. The molecular formula is C58H108NO7P. The first-order chi connectivity index (χ1) is 32.6. The largest absolute Gasteiger partial charge is 0.756 e. The number of unbranched alkanes of at least 4 members (excludes halogenated alkanes) is 28. The summed E-state index contributed by atoms with van der Waals surface area (Å²) >= 11 is 0. The van der Waals surface area contributed by atoms with Gasteiger partial charge < -0.3 is 27.9 Å². The number of quaternary nitrogens is 1. The molecule has 0 spiro atoms. The molecule has 0 aliphatic heterocycles. The minimum Gasteiger partial charge on any atom is -0.756 e. The Morgan fingerprint density at radius 2 is 0.866 bits per heavy atom. The molecule has 0 radical (unpaired) electrons. The Bertz CT molecular complexity index is 1260. The SMILES string of the molecule is CC/C=C\C/C=C\C/C=C\C/C=C\CCCCCCCCCCCCC(=O)OC(COCCCCCCCCCCCC/C=C\CCCCCCCCCC)COP(=O)([O-])OCC[N+](C)(C)C. The van der Waals surface area contributed by atoms with Crippen LogP contribution in [0.2, 0.25) is 0 Å². The summed E-state index contributed by atoms with van der Waals surface area (Å²) in [5.74, 6) is -0.338. The third-order valence-electron chi connectivity index (χ3n) is 12.1. The first-order valence-electron chi connectivity index (χ1n) is 28.0. The van der Waals surface area contributed by atoms with Gasteiger partial charge in [-0.25, -0.2) is 0 Å². The molecule has 0 bridgehead atoms. The molecule has 0 aliphatic rings. The summed E-state index contributed by atoms with van der Waals surface area (Å²) in [7, 11) is 1.35. The van der Waals surface area contributed by atoms with Crippen LogP contribution >= 0.6 is 7.82 Å². The molecule has 392 valence electrons. The Kier molecular flexibility index (Phi) is 49.2. The zero-order valence-corrected chi connectivity index (χ0v) is 45.5. The predicted molar refractivity (Wildman–Crippen MR) is 286 cm³/mol. The molecule has 8 nitrogen and oxygen atoms in total. The van der Waals surface area contributed by atoms with Gasteiger partial charge in [0.15, 0.2) is 0 Å². The van der Waals surface area contributed by atoms with E-state index in [-0.39, 0.29) is 25.8 Å². The van der Waals surface area contributed by atoms with E-state index in [4.69, 9.17) is 18.5 Å². The zero-order valence-electron chi connectivity index (χ0n) is 44.6. The van der Waals surface area contributed by atoms with Crippen molar-refractivity contribution in [1.82, 2.24) is 0 Å². The molecule has 0 aromatic carbocycles. The van der Waals surface area contributed by atoms with Gasteiger partial charge in [0.2, 0.25) is 0 Å². The quantitative estimate of drug-likeness (QED) is 0.0197. The van der Waals surface area contributed by atoms with Crippen molar-refractivity contribution in [3.63, 3.8) is 0 Å². The third-order valence-corrected chi connectivity index (χ3v) is 13.0. The number of hydrogen-bond donors (Lipinski definition) is 0. The molecule has 67 heavy (non-hydrogen) atoms. The molecule has 0 heterocycles. The summed E-state index contributed by atoms with van der Waals surface area (Å²) in [5, 5.41) is 0. The maximum Gasteiger partial charge on any atom is 0.306 e. The highest BCUT2D eigenvalue weighted by Gasteiger charge is 2.20. The Morgan fingerprint density at radius 3 is 1.31 bits per heavy atom. The number of ether oxygens (including phenoxy) is 2. The summed E-state index contributed by atoms with van der Waals surface area (Å²) in [4.78, 5) is 25.2. The number of carbonyl (C=O) groups is 1. The monoisotopic (exact) mass is 962 g/mol. The smallest absolute Gasteiger partial charge is 0.306 e. The van der Waals surface area contributed by atoms with Gasteiger partial charge in [-0.1, -0.05) is 222 Å². The third kappa shape index (κ3) is 55.0. The van der Waals surface area contributed by atoms with Gasteiger partial charge in [0.25, 0.3) is 7.82 Å². The Labute approximate surface area is 415 Å². The van der Waals surface area contributed by atoms with Crippen molar-refractivity contribution >= 4 is 13.8 Å². The molecule has 9 heteroatoms. The highest BCUT2D eigenvalue weighted by Crippen LogP contribution is 2.38. The molecule has 0 aliphatic carbocycles. The average molecular weight is 962 g/mol. The van der Waals surface area contributed by atoms with Crippen LogP contribution in [-0.4, -0.2) is 70.7 Å². The summed E-state index contributed by atoms with van der Waals surface area (Å²) < 4.78 is 34.8. The highest BCUT2D eigenvalue weighted by molar-refractivity contribution is 7.45. The second-order valence-electron chi connectivity index (χ2n) is 19.9. The molecular weight excluding hydrogens is 854 g/mol. The van der Waals surface area contributed by atoms with Crippen molar-refractivity contribution in [2.45, 2.75) is 251 Å². The fraction of sp³-hybridized carbons (Fsp3) is 0.810. The number of hydrogen-bond acceptors (Lipinski definition) is 7. The normalized spacial score (nSPS) is 13.9. The van der Waals surface area contributed by atoms with Gasteiger partial charge in [0.1, 0.15) is 19.3 Å². The number of nitrogens with zero attached hydrogens (tertiary/aromatic N) is 1. The van der Waals surface area contributed by atoms with E-state index in [9.17, 15) is 14.3 Å². The van der Waals surface area contributed by atoms with Crippen LogP contribution in [0.1, 0.15) is 245 Å². The fourth-order valence-electron chi connectivity index (χ4n) is 7.77. The zero-order chi connectivity index (χ0) is 49.0. The highest BCUT2D eigenvalue weighted by atomic mass is 31.2. The lowest BCUT2D eigenvalue weighted by Gasteiger charge is -2.28. The van der Waals surface area contributed by atoms with Crippen LogP contribution in [0, 0.1) is 0 Å². The number of rotatable bonds is 52. The second kappa shape index (κ2) is 50.6. The van der Waals surface area contributed by atoms with E-state index < -0.39 is 13.9 Å². The van der Waals surface area contributed by atoms with Gasteiger partial charge in [-0.3, -0.25) is 9.36 Å². The number of phosphoric ester groups is 1. The maximum atomic E-state index is 12.8. The number of likely N-dealkylation sites (N-methyl/N-ethyl adjacent to an activating group) is 1. The van der Waals surface area contributed by atoms with E-state index in [2.05, 4.69) is 74.6 Å². The van der Waals surface area contributed by atoms with Crippen LogP contribution in [0.15, 0.2) is 60.8 Å². The van der Waals surface area contributed by atoms with Crippen molar-refractivity contribution in [2.24, 2.45) is 0 Å². The first kappa shape index (κ1) is 65.2. The summed E-state index contributed by atoms with van der Waals surface area (Å²) in [6, 6.07) is 0. The van der Waals surface area contributed by atoms with Crippen LogP contribution < -0.4 is 4.89 Å². The van der Waals surface area contributed by atoms with Crippen molar-refractivity contribution in [3.05, 3.63) is 60.8 Å². The van der Waals surface area contributed by atoms with Crippen LogP contribution in [0.3, 0.4) is 0 Å². The van der Waals surface area contributed by atoms with Crippen molar-refractivity contribution in [2.75, 3.05) is 54.1 Å². The van der Waals surface area contributed by atoms with E-state index in [1.807, 2.05) is 21.1 Å². The fourth-order valence-corrected chi connectivity index (χ4v) is 8.50. The van der Waals surface area contributed by atoms with E-state index >= 15 is 0 Å². The van der Waals surface area contributed by atoms with E-state index in [1.165, 1.54) is 167 Å². The van der Waals surface area contributed by atoms with Gasteiger partial charge in [-0.05, 0) is 77.0 Å².